The van der Waals surface area contributed by atoms with Gasteiger partial charge in [0.05, 0.1) is 12.3 Å². The quantitative estimate of drug-likeness (QED) is 0.744. The molecule has 0 rings (SSSR count). The Morgan fingerprint density at radius 1 is 1.28 bits per heavy atom. The number of hydrogen-bond donors (Lipinski definition) is 2. The van der Waals surface area contributed by atoms with E-state index >= 15 is 0 Å². The number of carboxylic acids is 1. The SMILES string of the molecule is CC(C)CC(CNC(=O)CCC(F)(F)F)C(=O)O. The molecular formula is C11H18F3NO3. The number of amides is 1. The van der Waals surface area contributed by atoms with Crippen LogP contribution in [0.15, 0.2) is 0 Å². The second kappa shape index (κ2) is 7.23. The second-order valence-electron chi connectivity index (χ2n) is 4.58. The van der Waals surface area contributed by atoms with Gasteiger partial charge in [-0.2, -0.15) is 13.2 Å². The summed E-state index contributed by atoms with van der Waals surface area (Å²) < 4.78 is 35.5. The van der Waals surface area contributed by atoms with Crippen molar-refractivity contribution in [3.63, 3.8) is 0 Å². The fourth-order valence-electron chi connectivity index (χ4n) is 1.42. The van der Waals surface area contributed by atoms with Crippen LogP contribution in [-0.2, 0) is 9.59 Å². The number of rotatable bonds is 7. The van der Waals surface area contributed by atoms with E-state index in [0.29, 0.717) is 6.42 Å². The highest BCUT2D eigenvalue weighted by Crippen LogP contribution is 2.21. The number of aliphatic carboxylic acids is 1. The Kier molecular flexibility index (Phi) is 6.72. The molecule has 0 spiro atoms. The van der Waals surface area contributed by atoms with Crippen LogP contribution in [0.4, 0.5) is 13.2 Å². The van der Waals surface area contributed by atoms with Crippen molar-refractivity contribution in [1.29, 1.82) is 0 Å². The Morgan fingerprint density at radius 2 is 1.83 bits per heavy atom. The molecule has 106 valence electrons. The molecule has 0 aromatic rings. The lowest BCUT2D eigenvalue weighted by Crippen LogP contribution is -2.34. The van der Waals surface area contributed by atoms with Gasteiger partial charge in [-0.05, 0) is 12.3 Å². The van der Waals surface area contributed by atoms with Crippen molar-refractivity contribution in [2.24, 2.45) is 11.8 Å². The molecule has 1 atom stereocenters. The van der Waals surface area contributed by atoms with Crippen LogP contribution in [0.25, 0.3) is 0 Å². The van der Waals surface area contributed by atoms with E-state index in [9.17, 15) is 22.8 Å². The summed E-state index contributed by atoms with van der Waals surface area (Å²) >= 11 is 0. The minimum absolute atomic E-state index is 0.135. The van der Waals surface area contributed by atoms with Crippen LogP contribution in [0, 0.1) is 11.8 Å². The van der Waals surface area contributed by atoms with E-state index in [-0.39, 0.29) is 12.5 Å². The lowest BCUT2D eigenvalue weighted by molar-refractivity contribution is -0.145. The fourth-order valence-corrected chi connectivity index (χ4v) is 1.42. The highest BCUT2D eigenvalue weighted by Gasteiger charge is 2.28. The molecule has 0 heterocycles. The van der Waals surface area contributed by atoms with Crippen LogP contribution in [-0.4, -0.2) is 29.7 Å². The van der Waals surface area contributed by atoms with Gasteiger partial charge in [-0.25, -0.2) is 0 Å². The zero-order valence-electron chi connectivity index (χ0n) is 10.4. The number of carbonyl (C=O) groups excluding carboxylic acids is 1. The number of nitrogens with one attached hydrogen (secondary N) is 1. The average molecular weight is 269 g/mol. The first kappa shape index (κ1) is 16.7. The van der Waals surface area contributed by atoms with Crippen molar-refractivity contribution in [1.82, 2.24) is 5.32 Å². The zero-order chi connectivity index (χ0) is 14.3. The predicted molar refractivity (Wildman–Crippen MR) is 58.9 cm³/mol. The van der Waals surface area contributed by atoms with Crippen LogP contribution in [0.5, 0.6) is 0 Å². The van der Waals surface area contributed by atoms with Gasteiger partial charge in [0.2, 0.25) is 5.91 Å². The summed E-state index contributed by atoms with van der Waals surface area (Å²) in [7, 11) is 0. The van der Waals surface area contributed by atoms with Gasteiger partial charge in [0.25, 0.3) is 0 Å². The van der Waals surface area contributed by atoms with E-state index in [1.165, 1.54) is 0 Å². The van der Waals surface area contributed by atoms with Gasteiger partial charge >= 0.3 is 12.1 Å². The molecule has 2 N–H and O–H groups in total. The predicted octanol–water partition coefficient (Wildman–Crippen LogP) is 2.19. The maximum absolute atomic E-state index is 11.8. The number of alkyl halides is 3. The number of halogens is 3. The van der Waals surface area contributed by atoms with Gasteiger partial charge < -0.3 is 10.4 Å². The topological polar surface area (TPSA) is 66.4 Å². The van der Waals surface area contributed by atoms with Crippen molar-refractivity contribution >= 4 is 11.9 Å². The highest BCUT2D eigenvalue weighted by atomic mass is 19.4. The molecule has 0 fully saturated rings. The van der Waals surface area contributed by atoms with Gasteiger partial charge in [0, 0.05) is 13.0 Å². The van der Waals surface area contributed by atoms with E-state index in [1.54, 1.807) is 0 Å². The highest BCUT2D eigenvalue weighted by molar-refractivity contribution is 5.77. The Bertz CT molecular complexity index is 290. The van der Waals surface area contributed by atoms with E-state index in [0.717, 1.165) is 0 Å². The molecule has 0 aliphatic rings. The molecule has 7 heteroatoms. The molecule has 0 bridgehead atoms. The Labute approximate surface area is 104 Å². The molecule has 0 aromatic heterocycles. The van der Waals surface area contributed by atoms with Gasteiger partial charge in [-0.3, -0.25) is 9.59 Å². The average Bonchev–Trinajstić information content (AvgIpc) is 2.19. The lowest BCUT2D eigenvalue weighted by atomic mass is 9.97. The first-order chi connectivity index (χ1) is 8.11. The first-order valence-electron chi connectivity index (χ1n) is 5.68. The van der Waals surface area contributed by atoms with Crippen molar-refractivity contribution in [2.45, 2.75) is 39.3 Å². The monoisotopic (exact) mass is 269 g/mol. The molecule has 0 aromatic carbocycles. The standard InChI is InChI=1S/C11H18F3NO3/c1-7(2)5-8(10(17)18)6-15-9(16)3-4-11(12,13)14/h7-8H,3-6H2,1-2H3,(H,15,16)(H,17,18). The smallest absolute Gasteiger partial charge is 0.389 e. The first-order valence-corrected chi connectivity index (χ1v) is 5.68. The third kappa shape index (κ3) is 8.83. The molecule has 0 aliphatic heterocycles. The minimum Gasteiger partial charge on any atom is -0.481 e. The third-order valence-electron chi connectivity index (χ3n) is 2.29. The molecule has 0 saturated heterocycles. The van der Waals surface area contributed by atoms with Gasteiger partial charge in [0.15, 0.2) is 0 Å². The van der Waals surface area contributed by atoms with Gasteiger partial charge in [-0.1, -0.05) is 13.8 Å². The normalized spacial score (nSPS) is 13.4. The summed E-state index contributed by atoms with van der Waals surface area (Å²) in [6, 6.07) is 0. The van der Waals surface area contributed by atoms with Crippen molar-refractivity contribution in [2.75, 3.05) is 6.54 Å². The van der Waals surface area contributed by atoms with E-state index in [4.69, 9.17) is 5.11 Å². The van der Waals surface area contributed by atoms with Crippen LogP contribution in [0.2, 0.25) is 0 Å². The van der Waals surface area contributed by atoms with Crippen molar-refractivity contribution in [3.05, 3.63) is 0 Å². The minimum atomic E-state index is -4.37. The summed E-state index contributed by atoms with van der Waals surface area (Å²) in [5.74, 6) is -2.46. The van der Waals surface area contributed by atoms with Crippen LogP contribution >= 0.6 is 0 Å². The third-order valence-corrected chi connectivity index (χ3v) is 2.29. The molecular weight excluding hydrogens is 251 g/mol. The summed E-state index contributed by atoms with van der Waals surface area (Å²) in [5.41, 5.74) is 0. The summed E-state index contributed by atoms with van der Waals surface area (Å²) in [4.78, 5) is 21.9. The van der Waals surface area contributed by atoms with E-state index in [2.05, 4.69) is 5.32 Å². The molecule has 0 aliphatic carbocycles. The Balaban J connectivity index is 4.04. The second-order valence-corrected chi connectivity index (χ2v) is 4.58. The lowest BCUT2D eigenvalue weighted by Gasteiger charge is -2.15. The summed E-state index contributed by atoms with van der Waals surface area (Å²) in [5, 5.41) is 11.1. The molecule has 0 radical (unpaired) electrons. The molecule has 1 amide bonds. The number of hydrogen-bond acceptors (Lipinski definition) is 2. The number of carbonyl (C=O) groups is 2. The fraction of sp³-hybridized carbons (Fsp3) is 0.818. The van der Waals surface area contributed by atoms with E-state index in [1.807, 2.05) is 13.8 Å². The summed E-state index contributed by atoms with van der Waals surface area (Å²) in [6.45, 7) is 3.53. The Hall–Kier alpha value is -1.27. The maximum Gasteiger partial charge on any atom is 0.389 e. The molecule has 4 nitrogen and oxygen atoms in total. The maximum atomic E-state index is 11.8. The van der Waals surface area contributed by atoms with Crippen LogP contribution in [0.1, 0.15) is 33.1 Å². The van der Waals surface area contributed by atoms with Gasteiger partial charge in [-0.15, -0.1) is 0 Å². The largest absolute Gasteiger partial charge is 0.481 e. The Morgan fingerprint density at radius 3 is 2.22 bits per heavy atom. The van der Waals surface area contributed by atoms with Crippen molar-refractivity contribution < 1.29 is 27.9 Å². The molecule has 18 heavy (non-hydrogen) atoms. The van der Waals surface area contributed by atoms with Crippen LogP contribution < -0.4 is 5.32 Å². The molecule has 0 saturated carbocycles. The molecule has 1 unspecified atom stereocenters. The number of carboxylic acid groups (broad SMARTS) is 1. The van der Waals surface area contributed by atoms with Gasteiger partial charge in [0.1, 0.15) is 0 Å². The zero-order valence-corrected chi connectivity index (χ0v) is 10.4. The summed E-state index contributed by atoms with van der Waals surface area (Å²) in [6.07, 6.45) is -5.87. The van der Waals surface area contributed by atoms with Crippen molar-refractivity contribution in [3.8, 4) is 0 Å². The van der Waals surface area contributed by atoms with Crippen LogP contribution in [0.3, 0.4) is 0 Å². The van der Waals surface area contributed by atoms with E-state index < -0.39 is 36.8 Å².